The third-order valence-corrected chi connectivity index (χ3v) is 4.21. The number of nitrogens with one attached hydrogen (secondary N) is 1. The fourth-order valence-corrected chi connectivity index (χ4v) is 2.67. The summed E-state index contributed by atoms with van der Waals surface area (Å²) >= 11 is 0. The molecule has 0 radical (unpaired) electrons. The van der Waals surface area contributed by atoms with Crippen molar-refractivity contribution in [3.05, 3.63) is 40.7 Å². The molecule has 1 heterocycles. The molecule has 0 aliphatic carbocycles. The summed E-state index contributed by atoms with van der Waals surface area (Å²) in [5.41, 5.74) is 3.92. The Morgan fingerprint density at radius 2 is 1.96 bits per heavy atom. The first-order chi connectivity index (χ1) is 12.2. The third kappa shape index (κ3) is 4.41. The summed E-state index contributed by atoms with van der Waals surface area (Å²) in [7, 11) is 3.35. The van der Waals surface area contributed by atoms with Crippen molar-refractivity contribution in [2.45, 2.75) is 40.2 Å². The van der Waals surface area contributed by atoms with Gasteiger partial charge in [0.1, 0.15) is 5.75 Å². The van der Waals surface area contributed by atoms with E-state index < -0.39 is 18.0 Å². The Kier molecular flexibility index (Phi) is 6.02. The van der Waals surface area contributed by atoms with Crippen molar-refractivity contribution in [1.82, 2.24) is 9.78 Å². The second-order valence-corrected chi connectivity index (χ2v) is 6.28. The zero-order chi connectivity index (χ0) is 19.4. The number of benzene rings is 1. The summed E-state index contributed by atoms with van der Waals surface area (Å²) in [6.07, 6.45) is -0.884. The molecule has 0 spiro atoms. The van der Waals surface area contributed by atoms with Crippen LogP contribution in [0.15, 0.2) is 18.2 Å². The molecule has 0 saturated heterocycles. The quantitative estimate of drug-likeness (QED) is 0.801. The number of aryl methyl sites for hydroxylation is 3. The van der Waals surface area contributed by atoms with Gasteiger partial charge in [-0.2, -0.15) is 5.10 Å². The number of esters is 1. The molecule has 0 aliphatic heterocycles. The topological polar surface area (TPSA) is 82.4 Å². The average molecular weight is 359 g/mol. The van der Waals surface area contributed by atoms with Gasteiger partial charge in [0.2, 0.25) is 0 Å². The molecular formula is C19H25N3O4. The van der Waals surface area contributed by atoms with Gasteiger partial charge in [-0.1, -0.05) is 17.7 Å². The zero-order valence-corrected chi connectivity index (χ0v) is 16.0. The van der Waals surface area contributed by atoms with Gasteiger partial charge in [-0.25, -0.2) is 0 Å². The molecule has 1 atom stereocenters. The van der Waals surface area contributed by atoms with Crippen LogP contribution in [-0.4, -0.2) is 34.9 Å². The summed E-state index contributed by atoms with van der Waals surface area (Å²) in [6.45, 7) is 7.14. The second-order valence-electron chi connectivity index (χ2n) is 6.28. The van der Waals surface area contributed by atoms with E-state index in [1.54, 1.807) is 25.8 Å². The van der Waals surface area contributed by atoms with Gasteiger partial charge in [0.25, 0.3) is 5.91 Å². The molecule has 1 aromatic carbocycles. The lowest BCUT2D eigenvalue weighted by molar-refractivity contribution is -0.152. The third-order valence-electron chi connectivity index (χ3n) is 4.21. The van der Waals surface area contributed by atoms with Crippen molar-refractivity contribution in [2.24, 2.45) is 7.05 Å². The molecule has 7 heteroatoms. The molecule has 1 amide bonds. The van der Waals surface area contributed by atoms with Crippen LogP contribution in [0.1, 0.15) is 29.4 Å². The summed E-state index contributed by atoms with van der Waals surface area (Å²) in [4.78, 5) is 24.6. The van der Waals surface area contributed by atoms with Gasteiger partial charge in [0, 0.05) is 12.6 Å². The largest absolute Gasteiger partial charge is 0.496 e. The van der Waals surface area contributed by atoms with E-state index >= 15 is 0 Å². The van der Waals surface area contributed by atoms with Crippen LogP contribution < -0.4 is 10.1 Å². The first kappa shape index (κ1) is 19.5. The summed E-state index contributed by atoms with van der Waals surface area (Å²) in [6, 6.07) is 5.58. The molecule has 1 N–H and O–H groups in total. The lowest BCUT2D eigenvalue weighted by Crippen LogP contribution is -2.30. The first-order valence-corrected chi connectivity index (χ1v) is 8.37. The van der Waals surface area contributed by atoms with Crippen LogP contribution in [0.4, 0.5) is 5.69 Å². The molecule has 0 aliphatic rings. The Bertz CT molecular complexity index is 826. The molecule has 0 unspecified atom stereocenters. The minimum atomic E-state index is -0.919. The maximum atomic E-state index is 12.3. The Morgan fingerprint density at radius 1 is 1.27 bits per heavy atom. The summed E-state index contributed by atoms with van der Waals surface area (Å²) in [5.74, 6) is -0.267. The lowest BCUT2D eigenvalue weighted by Gasteiger charge is -2.15. The second kappa shape index (κ2) is 8.03. The molecule has 7 nitrogen and oxygen atoms in total. The average Bonchev–Trinajstić information content (AvgIpc) is 2.81. The molecule has 0 bridgehead atoms. The van der Waals surface area contributed by atoms with E-state index in [-0.39, 0.29) is 6.42 Å². The summed E-state index contributed by atoms with van der Waals surface area (Å²) in [5, 5.41) is 7.02. The number of aromatic nitrogens is 2. The highest BCUT2D eigenvalue weighted by Crippen LogP contribution is 2.21. The lowest BCUT2D eigenvalue weighted by atomic mass is 10.1. The van der Waals surface area contributed by atoms with E-state index in [1.165, 1.54) is 0 Å². The van der Waals surface area contributed by atoms with Crippen molar-refractivity contribution >= 4 is 17.6 Å². The highest BCUT2D eigenvalue weighted by Gasteiger charge is 2.21. The number of rotatable bonds is 6. The number of hydrogen-bond donors (Lipinski definition) is 1. The number of anilines is 1. The van der Waals surface area contributed by atoms with Crippen LogP contribution in [0.5, 0.6) is 5.75 Å². The molecule has 1 aromatic heterocycles. The standard InChI is InChI=1S/C19H25N3O4/c1-11-7-8-16(25-6)15(9-11)10-17(23)26-14(4)19(24)20-18-12(2)21-22(5)13(18)3/h7-9,14H,10H2,1-6H3,(H,20,24)/t14-/m1/s1. The Labute approximate surface area is 153 Å². The van der Waals surface area contributed by atoms with Crippen LogP contribution in [-0.2, 0) is 27.8 Å². The number of nitrogens with zero attached hydrogens (tertiary/aromatic N) is 2. The van der Waals surface area contributed by atoms with Crippen molar-refractivity contribution < 1.29 is 19.1 Å². The van der Waals surface area contributed by atoms with Crippen LogP contribution in [0.2, 0.25) is 0 Å². The fourth-order valence-electron chi connectivity index (χ4n) is 2.67. The molecule has 0 fully saturated rings. The Morgan fingerprint density at radius 3 is 2.54 bits per heavy atom. The van der Waals surface area contributed by atoms with Crippen LogP contribution in [0.3, 0.4) is 0 Å². The van der Waals surface area contributed by atoms with Crippen LogP contribution in [0.25, 0.3) is 0 Å². The number of hydrogen-bond acceptors (Lipinski definition) is 5. The normalized spacial score (nSPS) is 11.8. The highest BCUT2D eigenvalue weighted by atomic mass is 16.5. The van der Waals surface area contributed by atoms with Gasteiger partial charge in [-0.05, 0) is 33.8 Å². The maximum absolute atomic E-state index is 12.3. The fraction of sp³-hybridized carbons (Fsp3) is 0.421. The number of methoxy groups -OCH3 is 1. The number of carbonyl (C=O) groups excluding carboxylic acids is 2. The van der Waals surface area contributed by atoms with E-state index in [0.29, 0.717) is 17.1 Å². The predicted octanol–water partition coefficient (Wildman–Crippen LogP) is 2.47. The number of carbonyl (C=O) groups is 2. The summed E-state index contributed by atoms with van der Waals surface area (Å²) < 4.78 is 12.2. The SMILES string of the molecule is COc1ccc(C)cc1CC(=O)O[C@H](C)C(=O)Nc1c(C)nn(C)c1C. The van der Waals surface area contributed by atoms with E-state index in [9.17, 15) is 9.59 Å². The minimum Gasteiger partial charge on any atom is -0.496 e. The number of amides is 1. The molecule has 140 valence electrons. The van der Waals surface area contributed by atoms with Crippen molar-refractivity contribution in [1.29, 1.82) is 0 Å². The smallest absolute Gasteiger partial charge is 0.311 e. The molecule has 2 aromatic rings. The Hall–Kier alpha value is -2.83. The Balaban J connectivity index is 2.00. The van der Waals surface area contributed by atoms with Gasteiger partial charge < -0.3 is 14.8 Å². The van der Waals surface area contributed by atoms with Crippen molar-refractivity contribution in [3.8, 4) is 5.75 Å². The molecule has 2 rings (SSSR count). The van der Waals surface area contributed by atoms with Gasteiger partial charge in [0.15, 0.2) is 6.10 Å². The predicted molar refractivity (Wildman–Crippen MR) is 98.3 cm³/mol. The maximum Gasteiger partial charge on any atom is 0.311 e. The van der Waals surface area contributed by atoms with Gasteiger partial charge in [-0.3, -0.25) is 14.3 Å². The van der Waals surface area contributed by atoms with Gasteiger partial charge >= 0.3 is 5.97 Å². The van der Waals surface area contributed by atoms with Crippen molar-refractivity contribution in [2.75, 3.05) is 12.4 Å². The van der Waals surface area contributed by atoms with E-state index in [0.717, 1.165) is 16.8 Å². The van der Waals surface area contributed by atoms with E-state index in [1.807, 2.05) is 39.0 Å². The van der Waals surface area contributed by atoms with Gasteiger partial charge in [0.05, 0.1) is 30.6 Å². The van der Waals surface area contributed by atoms with E-state index in [4.69, 9.17) is 9.47 Å². The monoisotopic (exact) mass is 359 g/mol. The zero-order valence-electron chi connectivity index (χ0n) is 16.0. The van der Waals surface area contributed by atoms with Crippen LogP contribution >= 0.6 is 0 Å². The molecule has 26 heavy (non-hydrogen) atoms. The minimum absolute atomic E-state index is 0.0351. The van der Waals surface area contributed by atoms with Crippen LogP contribution in [0, 0.1) is 20.8 Å². The number of ether oxygens (including phenoxy) is 2. The van der Waals surface area contributed by atoms with E-state index in [2.05, 4.69) is 10.4 Å². The molecule has 0 saturated carbocycles. The first-order valence-electron chi connectivity index (χ1n) is 8.37. The molecular weight excluding hydrogens is 334 g/mol. The highest BCUT2D eigenvalue weighted by molar-refractivity contribution is 5.96. The van der Waals surface area contributed by atoms with Crippen molar-refractivity contribution in [3.63, 3.8) is 0 Å². The van der Waals surface area contributed by atoms with Gasteiger partial charge in [-0.15, -0.1) is 0 Å².